The van der Waals surface area contributed by atoms with Crippen LogP contribution in [0.3, 0.4) is 0 Å². The summed E-state index contributed by atoms with van der Waals surface area (Å²) in [5.41, 5.74) is 5.77. The number of anilines is 1. The van der Waals surface area contributed by atoms with Crippen molar-refractivity contribution in [3.8, 4) is 0 Å². The number of carbonyl (C=O) groups is 1. The molecule has 0 amide bonds. The van der Waals surface area contributed by atoms with Crippen LogP contribution >= 0.6 is 11.8 Å². The number of benzene rings is 1. The van der Waals surface area contributed by atoms with E-state index in [1.807, 2.05) is 6.92 Å². The van der Waals surface area contributed by atoms with Crippen molar-refractivity contribution in [2.24, 2.45) is 0 Å². The minimum absolute atomic E-state index is 0.0363. The Morgan fingerprint density at radius 1 is 1.61 bits per heavy atom. The van der Waals surface area contributed by atoms with Crippen molar-refractivity contribution in [1.29, 1.82) is 0 Å². The van der Waals surface area contributed by atoms with Crippen LogP contribution in [0.5, 0.6) is 0 Å². The summed E-state index contributed by atoms with van der Waals surface area (Å²) in [5.74, 6) is -1.07. The van der Waals surface area contributed by atoms with Gasteiger partial charge in [-0.1, -0.05) is 6.92 Å². The Morgan fingerprint density at radius 3 is 2.83 bits per heavy atom. The predicted octanol–water partition coefficient (Wildman–Crippen LogP) is 2.06. The molecular formula is C12H16FNO3S. The number of thioether (sulfide) groups is 1. The average molecular weight is 273 g/mol. The molecule has 4 nitrogen and oxygen atoms in total. The van der Waals surface area contributed by atoms with Gasteiger partial charge >= 0.3 is 5.97 Å². The summed E-state index contributed by atoms with van der Waals surface area (Å²) < 4.78 is 18.3. The Morgan fingerprint density at radius 2 is 2.28 bits per heavy atom. The molecule has 1 atom stereocenters. The van der Waals surface area contributed by atoms with Crippen molar-refractivity contribution in [2.75, 3.05) is 19.5 Å². The van der Waals surface area contributed by atoms with Gasteiger partial charge in [-0.25, -0.2) is 9.18 Å². The molecule has 0 bridgehead atoms. The van der Waals surface area contributed by atoms with Crippen molar-refractivity contribution >= 4 is 23.4 Å². The molecule has 0 heterocycles. The Hall–Kier alpha value is -1.27. The number of rotatable bonds is 5. The number of hydrogen-bond acceptors (Lipinski definition) is 5. The lowest BCUT2D eigenvalue weighted by Gasteiger charge is -2.12. The van der Waals surface area contributed by atoms with Crippen LogP contribution < -0.4 is 5.73 Å². The molecular weight excluding hydrogens is 257 g/mol. The summed E-state index contributed by atoms with van der Waals surface area (Å²) in [4.78, 5) is 11.8. The monoisotopic (exact) mass is 273 g/mol. The maximum absolute atomic E-state index is 13.7. The Balaban J connectivity index is 3.01. The Labute approximate surface area is 109 Å². The number of ether oxygens (including phenoxy) is 1. The van der Waals surface area contributed by atoms with Gasteiger partial charge in [-0.05, 0) is 18.6 Å². The molecule has 1 aromatic rings. The van der Waals surface area contributed by atoms with Crippen molar-refractivity contribution < 1.29 is 19.0 Å². The number of esters is 1. The quantitative estimate of drug-likeness (QED) is 0.488. The maximum Gasteiger partial charge on any atom is 0.339 e. The zero-order valence-corrected chi connectivity index (χ0v) is 11.1. The van der Waals surface area contributed by atoms with Crippen LogP contribution in [-0.2, 0) is 4.74 Å². The molecule has 6 heteroatoms. The number of carbonyl (C=O) groups excluding carboxylic acids is 1. The lowest BCUT2D eigenvalue weighted by atomic mass is 10.2. The van der Waals surface area contributed by atoms with Gasteiger partial charge in [-0.3, -0.25) is 0 Å². The third-order valence-electron chi connectivity index (χ3n) is 2.37. The molecule has 0 aliphatic rings. The Bertz CT molecular complexity index is 440. The van der Waals surface area contributed by atoms with Gasteiger partial charge in [0.15, 0.2) is 0 Å². The topological polar surface area (TPSA) is 72.5 Å². The summed E-state index contributed by atoms with van der Waals surface area (Å²) in [6, 6.07) is 2.50. The third kappa shape index (κ3) is 3.61. The molecule has 0 saturated heterocycles. The highest BCUT2D eigenvalue weighted by atomic mass is 32.2. The van der Waals surface area contributed by atoms with E-state index in [0.717, 1.165) is 6.07 Å². The Kier molecular flexibility index (Phi) is 5.43. The fraction of sp³-hybridized carbons (Fsp3) is 0.417. The van der Waals surface area contributed by atoms with E-state index in [1.165, 1.54) is 24.9 Å². The molecule has 0 fully saturated rings. The van der Waals surface area contributed by atoms with Crippen molar-refractivity contribution in [2.45, 2.75) is 23.5 Å². The molecule has 1 rings (SSSR count). The van der Waals surface area contributed by atoms with Crippen LogP contribution in [0.4, 0.5) is 10.1 Å². The van der Waals surface area contributed by atoms with E-state index in [2.05, 4.69) is 4.74 Å². The van der Waals surface area contributed by atoms with Crippen molar-refractivity contribution in [3.05, 3.63) is 23.5 Å². The second-order valence-corrected chi connectivity index (χ2v) is 5.28. The first-order chi connectivity index (χ1) is 8.49. The van der Waals surface area contributed by atoms with Gasteiger partial charge in [-0.15, -0.1) is 11.8 Å². The predicted molar refractivity (Wildman–Crippen MR) is 69.2 cm³/mol. The molecule has 0 aromatic heterocycles. The molecule has 100 valence electrons. The average Bonchev–Trinajstić information content (AvgIpc) is 2.32. The first kappa shape index (κ1) is 14.8. The highest BCUT2D eigenvalue weighted by Crippen LogP contribution is 2.31. The number of nitrogen functional groups attached to an aromatic ring is 1. The van der Waals surface area contributed by atoms with Gasteiger partial charge in [0.2, 0.25) is 0 Å². The number of nitrogens with two attached hydrogens (primary N) is 1. The smallest absolute Gasteiger partial charge is 0.339 e. The van der Waals surface area contributed by atoms with E-state index >= 15 is 0 Å². The zero-order valence-electron chi connectivity index (χ0n) is 10.3. The second kappa shape index (κ2) is 6.61. The van der Waals surface area contributed by atoms with Crippen LogP contribution in [-0.4, -0.2) is 30.0 Å². The highest BCUT2D eigenvalue weighted by molar-refractivity contribution is 8.00. The van der Waals surface area contributed by atoms with E-state index in [0.29, 0.717) is 11.3 Å². The molecule has 1 aromatic carbocycles. The van der Waals surface area contributed by atoms with Crippen molar-refractivity contribution in [1.82, 2.24) is 0 Å². The van der Waals surface area contributed by atoms with Crippen LogP contribution in [0, 0.1) is 5.82 Å². The normalized spacial score (nSPS) is 12.2. The number of aliphatic hydroxyl groups excluding tert-OH is 1. The summed E-state index contributed by atoms with van der Waals surface area (Å²) in [6.45, 7) is 1.91. The summed E-state index contributed by atoms with van der Waals surface area (Å²) in [6.07, 6.45) is 0.544. The van der Waals surface area contributed by atoms with Crippen LogP contribution in [0.25, 0.3) is 0 Å². The number of hydrogen-bond donors (Lipinski definition) is 2. The maximum atomic E-state index is 13.7. The molecule has 0 aliphatic carbocycles. The van der Waals surface area contributed by atoms with Gasteiger partial charge in [0.1, 0.15) is 5.82 Å². The summed E-state index contributed by atoms with van der Waals surface area (Å²) >= 11 is 1.25. The van der Waals surface area contributed by atoms with Gasteiger partial charge in [0.25, 0.3) is 0 Å². The fourth-order valence-electron chi connectivity index (χ4n) is 1.40. The van der Waals surface area contributed by atoms with Gasteiger partial charge in [-0.2, -0.15) is 0 Å². The fourth-order valence-corrected chi connectivity index (χ4v) is 2.42. The molecule has 1 unspecified atom stereocenters. The minimum atomic E-state index is -0.593. The molecule has 0 aliphatic heterocycles. The second-order valence-electron chi connectivity index (χ2n) is 3.80. The van der Waals surface area contributed by atoms with E-state index < -0.39 is 11.8 Å². The summed E-state index contributed by atoms with van der Waals surface area (Å²) in [5, 5.41) is 8.85. The largest absolute Gasteiger partial charge is 0.465 e. The number of aliphatic hydroxyl groups is 1. The molecule has 0 saturated carbocycles. The lowest BCUT2D eigenvalue weighted by molar-refractivity contribution is 0.0601. The molecule has 0 spiro atoms. The van der Waals surface area contributed by atoms with E-state index in [9.17, 15) is 9.18 Å². The van der Waals surface area contributed by atoms with Crippen molar-refractivity contribution in [3.63, 3.8) is 0 Å². The molecule has 18 heavy (non-hydrogen) atoms. The van der Waals surface area contributed by atoms with E-state index in [-0.39, 0.29) is 23.1 Å². The number of methoxy groups -OCH3 is 1. The molecule has 0 radical (unpaired) electrons. The van der Waals surface area contributed by atoms with Crippen LogP contribution in [0.15, 0.2) is 17.0 Å². The third-order valence-corrected chi connectivity index (χ3v) is 3.58. The van der Waals surface area contributed by atoms with Gasteiger partial charge < -0.3 is 15.6 Å². The lowest BCUT2D eigenvalue weighted by Crippen LogP contribution is -2.07. The highest BCUT2D eigenvalue weighted by Gasteiger charge is 2.16. The van der Waals surface area contributed by atoms with Gasteiger partial charge in [0.05, 0.1) is 12.7 Å². The van der Waals surface area contributed by atoms with Crippen LogP contribution in [0.1, 0.15) is 23.7 Å². The standard InChI is InChI=1S/C12H16FNO3S/c1-7(3-4-15)18-11-5-8(12(16)17-2)10(14)6-9(11)13/h5-7,15H,3-4,14H2,1-2H3. The van der Waals surface area contributed by atoms with Gasteiger partial charge in [0, 0.05) is 22.4 Å². The minimum Gasteiger partial charge on any atom is -0.465 e. The SMILES string of the molecule is COC(=O)c1cc(SC(C)CCO)c(F)cc1N. The van der Waals surface area contributed by atoms with Crippen LogP contribution in [0.2, 0.25) is 0 Å². The first-order valence-corrected chi connectivity index (χ1v) is 6.32. The zero-order chi connectivity index (χ0) is 13.7. The molecule has 3 N–H and O–H groups in total. The summed E-state index contributed by atoms with van der Waals surface area (Å²) in [7, 11) is 1.24. The number of halogens is 1. The van der Waals surface area contributed by atoms with E-state index in [1.54, 1.807) is 0 Å². The first-order valence-electron chi connectivity index (χ1n) is 5.44. The van der Waals surface area contributed by atoms with E-state index in [4.69, 9.17) is 10.8 Å².